The summed E-state index contributed by atoms with van der Waals surface area (Å²) in [7, 11) is 1.36. The maximum absolute atomic E-state index is 12.1. The third-order valence-corrected chi connectivity index (χ3v) is 4.55. The minimum Gasteiger partial charge on any atom is -0.469 e. The first-order valence-corrected chi connectivity index (χ1v) is 8.95. The average molecular weight is 361 g/mol. The zero-order valence-electron chi connectivity index (χ0n) is 14.6. The first-order chi connectivity index (χ1) is 12.0. The molecule has 2 amide bonds. The van der Waals surface area contributed by atoms with Crippen LogP contribution in [0.4, 0.5) is 9.93 Å². The second-order valence-corrected chi connectivity index (χ2v) is 7.11. The fraction of sp³-hybridized carbons (Fsp3) is 0.389. The summed E-state index contributed by atoms with van der Waals surface area (Å²) >= 11 is 1.40. The lowest BCUT2D eigenvalue weighted by atomic mass is 9.97. The molecule has 0 unspecified atom stereocenters. The molecular formula is C18H23N3O3S. The number of hydrogen-bond donors (Lipinski definition) is 2. The number of aromatic nitrogens is 1. The molecule has 1 aromatic heterocycles. The van der Waals surface area contributed by atoms with E-state index < -0.39 is 0 Å². The molecule has 0 aliphatic carbocycles. The molecule has 0 aliphatic rings. The van der Waals surface area contributed by atoms with E-state index in [2.05, 4.69) is 15.6 Å². The van der Waals surface area contributed by atoms with E-state index in [1.165, 1.54) is 18.4 Å². The second-order valence-electron chi connectivity index (χ2n) is 6.08. The van der Waals surface area contributed by atoms with Gasteiger partial charge in [0.05, 0.1) is 17.9 Å². The topological polar surface area (TPSA) is 80.3 Å². The van der Waals surface area contributed by atoms with Crippen molar-refractivity contribution in [1.82, 2.24) is 10.3 Å². The Morgan fingerprint density at radius 1 is 1.24 bits per heavy atom. The van der Waals surface area contributed by atoms with Gasteiger partial charge in [0.1, 0.15) is 0 Å². The zero-order chi connectivity index (χ0) is 18.2. The van der Waals surface area contributed by atoms with Gasteiger partial charge in [0.2, 0.25) is 0 Å². The highest BCUT2D eigenvalue weighted by Gasteiger charge is 2.21. The first kappa shape index (κ1) is 18.9. The summed E-state index contributed by atoms with van der Waals surface area (Å²) in [6.07, 6.45) is 2.38. The fourth-order valence-corrected chi connectivity index (χ4v) is 3.24. The number of urea groups is 1. The number of anilines is 1. The molecule has 0 radical (unpaired) electrons. The maximum atomic E-state index is 12.1. The van der Waals surface area contributed by atoms with Crippen LogP contribution in [0.2, 0.25) is 0 Å². The van der Waals surface area contributed by atoms with E-state index in [9.17, 15) is 9.59 Å². The number of carbonyl (C=O) groups is 2. The van der Waals surface area contributed by atoms with Gasteiger partial charge in [0, 0.05) is 12.7 Å². The van der Waals surface area contributed by atoms with Crippen molar-refractivity contribution in [3.63, 3.8) is 0 Å². The van der Waals surface area contributed by atoms with Gasteiger partial charge in [-0.3, -0.25) is 10.1 Å². The number of ether oxygens (including phenoxy) is 1. The lowest BCUT2D eigenvalue weighted by Gasteiger charge is -2.17. The normalized spacial score (nSPS) is 11.8. The van der Waals surface area contributed by atoms with E-state index in [-0.39, 0.29) is 24.5 Å². The molecule has 1 heterocycles. The smallest absolute Gasteiger partial charge is 0.321 e. The summed E-state index contributed by atoms with van der Waals surface area (Å²) < 4.78 is 4.80. The molecule has 1 aromatic carbocycles. The van der Waals surface area contributed by atoms with Crippen molar-refractivity contribution < 1.29 is 14.3 Å². The van der Waals surface area contributed by atoms with Gasteiger partial charge in [-0.15, -0.1) is 0 Å². The molecule has 6 nitrogen and oxygen atoms in total. The van der Waals surface area contributed by atoms with Gasteiger partial charge in [0.25, 0.3) is 0 Å². The number of benzene rings is 1. The number of esters is 1. The summed E-state index contributed by atoms with van der Waals surface area (Å²) in [6, 6.07) is 9.46. The van der Waals surface area contributed by atoms with Crippen LogP contribution in [0.3, 0.4) is 0 Å². The number of nitrogens with one attached hydrogen (secondary N) is 2. The SMILES string of the molecule is COC(=O)[C@H](CNC(=O)Nc1ncc(-c2ccccc2)s1)CC(C)C. The van der Waals surface area contributed by atoms with Crippen molar-refractivity contribution in [3.05, 3.63) is 36.5 Å². The molecule has 0 fully saturated rings. The van der Waals surface area contributed by atoms with E-state index in [0.29, 0.717) is 17.5 Å². The standard InChI is InChI=1S/C18H23N3O3S/c1-12(2)9-14(16(22)24-3)10-19-17(23)21-18-20-11-15(25-18)13-7-5-4-6-8-13/h4-8,11-12,14H,9-10H2,1-3H3,(H2,19,20,21,23)/t14-/m0/s1. The molecular weight excluding hydrogens is 338 g/mol. The van der Waals surface area contributed by atoms with Gasteiger partial charge < -0.3 is 10.1 Å². The van der Waals surface area contributed by atoms with Crippen LogP contribution in [0.25, 0.3) is 10.4 Å². The second kappa shape index (κ2) is 9.17. The molecule has 2 aromatic rings. The highest BCUT2D eigenvalue weighted by atomic mass is 32.1. The largest absolute Gasteiger partial charge is 0.469 e. The van der Waals surface area contributed by atoms with Crippen LogP contribution in [0, 0.1) is 11.8 Å². The van der Waals surface area contributed by atoms with Crippen LogP contribution in [0.15, 0.2) is 36.5 Å². The molecule has 0 spiro atoms. The predicted octanol–water partition coefficient (Wildman–Crippen LogP) is 3.77. The molecule has 25 heavy (non-hydrogen) atoms. The number of hydrogen-bond acceptors (Lipinski definition) is 5. The Kier molecular flexibility index (Phi) is 6.94. The Morgan fingerprint density at radius 2 is 1.96 bits per heavy atom. The Labute approximate surface area is 151 Å². The molecule has 2 N–H and O–H groups in total. The molecule has 0 aliphatic heterocycles. The van der Waals surface area contributed by atoms with Crippen molar-refractivity contribution in [2.45, 2.75) is 20.3 Å². The summed E-state index contributed by atoms with van der Waals surface area (Å²) in [4.78, 5) is 29.0. The van der Waals surface area contributed by atoms with E-state index in [1.54, 1.807) is 6.20 Å². The Hall–Kier alpha value is -2.41. The quantitative estimate of drug-likeness (QED) is 0.736. The van der Waals surface area contributed by atoms with E-state index in [0.717, 1.165) is 10.4 Å². The fourth-order valence-electron chi connectivity index (χ4n) is 2.42. The summed E-state index contributed by atoms with van der Waals surface area (Å²) in [5.74, 6) is -0.331. The number of methoxy groups -OCH3 is 1. The van der Waals surface area contributed by atoms with Gasteiger partial charge in [-0.25, -0.2) is 9.78 Å². The molecule has 0 bridgehead atoms. The molecule has 7 heteroatoms. The third-order valence-electron chi connectivity index (χ3n) is 3.58. The minimum atomic E-state index is -0.383. The van der Waals surface area contributed by atoms with Crippen LogP contribution >= 0.6 is 11.3 Å². The Balaban J connectivity index is 1.89. The van der Waals surface area contributed by atoms with Crippen molar-refractivity contribution in [1.29, 1.82) is 0 Å². The molecule has 1 atom stereocenters. The van der Waals surface area contributed by atoms with Gasteiger partial charge in [0.15, 0.2) is 5.13 Å². The molecule has 0 saturated carbocycles. The monoisotopic (exact) mass is 361 g/mol. The first-order valence-electron chi connectivity index (χ1n) is 8.13. The lowest BCUT2D eigenvalue weighted by molar-refractivity contribution is -0.145. The van der Waals surface area contributed by atoms with Gasteiger partial charge >= 0.3 is 12.0 Å². The average Bonchev–Trinajstić information content (AvgIpc) is 3.06. The number of carbonyl (C=O) groups excluding carboxylic acids is 2. The highest BCUT2D eigenvalue weighted by Crippen LogP contribution is 2.28. The predicted molar refractivity (Wildman–Crippen MR) is 99.5 cm³/mol. The number of rotatable bonds is 7. The summed E-state index contributed by atoms with van der Waals surface area (Å²) in [5.41, 5.74) is 1.05. The van der Waals surface area contributed by atoms with Crippen LogP contribution in [0.1, 0.15) is 20.3 Å². The maximum Gasteiger partial charge on any atom is 0.321 e. The Morgan fingerprint density at radius 3 is 2.60 bits per heavy atom. The van der Waals surface area contributed by atoms with E-state index in [1.807, 2.05) is 44.2 Å². The van der Waals surface area contributed by atoms with E-state index >= 15 is 0 Å². The van der Waals surface area contributed by atoms with Crippen molar-refractivity contribution in [2.24, 2.45) is 11.8 Å². The Bertz CT molecular complexity index is 701. The van der Waals surface area contributed by atoms with Crippen LogP contribution in [-0.4, -0.2) is 30.6 Å². The number of nitrogens with zero attached hydrogens (tertiary/aromatic N) is 1. The summed E-state index contributed by atoms with van der Waals surface area (Å²) in [6.45, 7) is 4.28. The molecule has 0 saturated heterocycles. The van der Waals surface area contributed by atoms with Crippen molar-refractivity contribution in [2.75, 3.05) is 19.0 Å². The van der Waals surface area contributed by atoms with Crippen LogP contribution < -0.4 is 10.6 Å². The summed E-state index contributed by atoms with van der Waals surface area (Å²) in [5, 5.41) is 5.93. The number of amides is 2. The van der Waals surface area contributed by atoms with Gasteiger partial charge in [-0.2, -0.15) is 0 Å². The van der Waals surface area contributed by atoms with Crippen LogP contribution in [-0.2, 0) is 9.53 Å². The highest BCUT2D eigenvalue weighted by molar-refractivity contribution is 7.19. The minimum absolute atomic E-state index is 0.230. The molecule has 2 rings (SSSR count). The van der Waals surface area contributed by atoms with Gasteiger partial charge in [-0.05, 0) is 17.9 Å². The molecule has 134 valence electrons. The van der Waals surface area contributed by atoms with Gasteiger partial charge in [-0.1, -0.05) is 55.5 Å². The van der Waals surface area contributed by atoms with E-state index in [4.69, 9.17) is 4.74 Å². The lowest BCUT2D eigenvalue weighted by Crippen LogP contribution is -2.36. The number of thiazole rings is 1. The van der Waals surface area contributed by atoms with Crippen molar-refractivity contribution >= 4 is 28.5 Å². The third kappa shape index (κ3) is 5.86. The zero-order valence-corrected chi connectivity index (χ0v) is 15.4. The van der Waals surface area contributed by atoms with Crippen molar-refractivity contribution in [3.8, 4) is 10.4 Å². The van der Waals surface area contributed by atoms with Crippen LogP contribution in [0.5, 0.6) is 0 Å².